The van der Waals surface area contributed by atoms with Crippen LogP contribution in [0, 0.1) is 6.92 Å². The van der Waals surface area contributed by atoms with Crippen LogP contribution in [0.5, 0.6) is 5.75 Å². The van der Waals surface area contributed by atoms with Gasteiger partial charge in [0.05, 0.1) is 7.11 Å². The van der Waals surface area contributed by atoms with Gasteiger partial charge in [0.2, 0.25) is 0 Å². The lowest BCUT2D eigenvalue weighted by molar-refractivity contribution is 0.407. The van der Waals surface area contributed by atoms with Crippen molar-refractivity contribution in [2.75, 3.05) is 13.7 Å². The van der Waals surface area contributed by atoms with Crippen molar-refractivity contribution in [1.29, 1.82) is 0 Å². The standard InChI is InChI=1S/C11H16BrNO/c1-4-13-7-9-6-10(12)8(2)5-11(9)14-3/h5-6,13H,4,7H2,1-3H3. The third-order valence-electron chi connectivity index (χ3n) is 2.13. The van der Waals surface area contributed by atoms with Crippen molar-refractivity contribution in [3.8, 4) is 5.75 Å². The molecule has 0 aliphatic heterocycles. The number of nitrogens with one attached hydrogen (secondary N) is 1. The molecule has 1 N–H and O–H groups in total. The van der Waals surface area contributed by atoms with Crippen LogP contribution in [-0.4, -0.2) is 13.7 Å². The van der Waals surface area contributed by atoms with Gasteiger partial charge in [0.25, 0.3) is 0 Å². The van der Waals surface area contributed by atoms with E-state index in [0.29, 0.717) is 0 Å². The summed E-state index contributed by atoms with van der Waals surface area (Å²) in [5, 5.41) is 3.29. The van der Waals surface area contributed by atoms with E-state index < -0.39 is 0 Å². The van der Waals surface area contributed by atoms with Crippen molar-refractivity contribution in [1.82, 2.24) is 5.32 Å². The van der Waals surface area contributed by atoms with Crippen LogP contribution in [0.25, 0.3) is 0 Å². The number of halogens is 1. The molecule has 0 unspecified atom stereocenters. The van der Waals surface area contributed by atoms with Crippen LogP contribution in [0.1, 0.15) is 18.1 Å². The van der Waals surface area contributed by atoms with Crippen LogP contribution in [0.2, 0.25) is 0 Å². The molecule has 0 spiro atoms. The number of hydrogen-bond acceptors (Lipinski definition) is 2. The third-order valence-corrected chi connectivity index (χ3v) is 2.98. The maximum absolute atomic E-state index is 5.32. The quantitative estimate of drug-likeness (QED) is 0.896. The molecule has 0 bridgehead atoms. The van der Waals surface area contributed by atoms with Crippen LogP contribution in [-0.2, 0) is 6.54 Å². The van der Waals surface area contributed by atoms with Crippen LogP contribution in [0.3, 0.4) is 0 Å². The van der Waals surface area contributed by atoms with Gasteiger partial charge in [-0.2, -0.15) is 0 Å². The Balaban J connectivity index is 2.95. The number of benzene rings is 1. The van der Waals surface area contributed by atoms with Gasteiger partial charge in [0, 0.05) is 16.6 Å². The average molecular weight is 258 g/mol. The Bertz CT molecular complexity index is 312. The summed E-state index contributed by atoms with van der Waals surface area (Å²) in [6, 6.07) is 4.16. The summed E-state index contributed by atoms with van der Waals surface area (Å²) in [6.07, 6.45) is 0. The molecule has 14 heavy (non-hydrogen) atoms. The van der Waals surface area contributed by atoms with Crippen molar-refractivity contribution < 1.29 is 4.74 Å². The molecule has 2 nitrogen and oxygen atoms in total. The molecule has 1 aromatic carbocycles. The third kappa shape index (κ3) is 2.72. The highest BCUT2D eigenvalue weighted by Crippen LogP contribution is 2.26. The molecule has 0 aliphatic carbocycles. The number of methoxy groups -OCH3 is 1. The van der Waals surface area contributed by atoms with E-state index in [1.165, 1.54) is 11.1 Å². The van der Waals surface area contributed by atoms with Crippen LogP contribution < -0.4 is 10.1 Å². The molecule has 0 saturated heterocycles. The molecule has 0 fully saturated rings. The molecular formula is C11H16BrNO. The summed E-state index contributed by atoms with van der Waals surface area (Å²) in [5.74, 6) is 0.951. The zero-order valence-corrected chi connectivity index (χ0v) is 10.4. The Labute approximate surface area is 93.8 Å². The molecule has 1 rings (SSSR count). The van der Waals surface area contributed by atoms with E-state index in [-0.39, 0.29) is 0 Å². The first-order valence-corrected chi connectivity index (χ1v) is 5.52. The smallest absolute Gasteiger partial charge is 0.123 e. The van der Waals surface area contributed by atoms with Gasteiger partial charge in [-0.3, -0.25) is 0 Å². The largest absolute Gasteiger partial charge is 0.496 e. The van der Waals surface area contributed by atoms with Crippen molar-refractivity contribution in [2.45, 2.75) is 20.4 Å². The van der Waals surface area contributed by atoms with E-state index in [0.717, 1.165) is 23.3 Å². The van der Waals surface area contributed by atoms with E-state index in [2.05, 4.69) is 47.2 Å². The molecule has 0 amide bonds. The van der Waals surface area contributed by atoms with Crippen molar-refractivity contribution >= 4 is 15.9 Å². The predicted molar refractivity (Wildman–Crippen MR) is 62.8 cm³/mol. The van der Waals surface area contributed by atoms with Gasteiger partial charge in [-0.25, -0.2) is 0 Å². The lowest BCUT2D eigenvalue weighted by atomic mass is 10.1. The van der Waals surface area contributed by atoms with E-state index >= 15 is 0 Å². The minimum absolute atomic E-state index is 0.846. The van der Waals surface area contributed by atoms with E-state index in [4.69, 9.17) is 4.74 Å². The summed E-state index contributed by atoms with van der Waals surface area (Å²) in [7, 11) is 1.71. The molecular weight excluding hydrogens is 242 g/mol. The minimum atomic E-state index is 0.846. The molecule has 3 heteroatoms. The summed E-state index contributed by atoms with van der Waals surface area (Å²) in [4.78, 5) is 0. The lowest BCUT2D eigenvalue weighted by Crippen LogP contribution is -2.12. The second-order valence-corrected chi connectivity index (χ2v) is 4.05. The average Bonchev–Trinajstić information content (AvgIpc) is 2.19. The Morgan fingerprint density at radius 3 is 2.71 bits per heavy atom. The Morgan fingerprint density at radius 2 is 2.14 bits per heavy atom. The highest BCUT2D eigenvalue weighted by atomic mass is 79.9. The van der Waals surface area contributed by atoms with Crippen LogP contribution in [0.4, 0.5) is 0 Å². The first-order chi connectivity index (χ1) is 6.69. The van der Waals surface area contributed by atoms with E-state index in [1.807, 2.05) is 0 Å². The Hall–Kier alpha value is -0.540. The monoisotopic (exact) mass is 257 g/mol. The van der Waals surface area contributed by atoms with Gasteiger partial charge in [-0.15, -0.1) is 0 Å². The van der Waals surface area contributed by atoms with Crippen LogP contribution >= 0.6 is 15.9 Å². The second kappa shape index (κ2) is 5.37. The Morgan fingerprint density at radius 1 is 1.43 bits per heavy atom. The maximum Gasteiger partial charge on any atom is 0.123 e. The zero-order valence-electron chi connectivity index (χ0n) is 8.86. The topological polar surface area (TPSA) is 21.3 Å². The molecule has 0 aliphatic rings. The lowest BCUT2D eigenvalue weighted by Gasteiger charge is -2.11. The number of rotatable bonds is 4. The summed E-state index contributed by atoms with van der Waals surface area (Å²) < 4.78 is 6.45. The van der Waals surface area contributed by atoms with Gasteiger partial charge in [-0.1, -0.05) is 22.9 Å². The first-order valence-electron chi connectivity index (χ1n) is 4.72. The fourth-order valence-electron chi connectivity index (χ4n) is 1.28. The number of ether oxygens (including phenoxy) is 1. The van der Waals surface area contributed by atoms with Gasteiger partial charge < -0.3 is 10.1 Å². The highest BCUT2D eigenvalue weighted by molar-refractivity contribution is 9.10. The fraction of sp³-hybridized carbons (Fsp3) is 0.455. The summed E-state index contributed by atoms with van der Waals surface area (Å²) >= 11 is 3.52. The molecule has 78 valence electrons. The minimum Gasteiger partial charge on any atom is -0.496 e. The molecule has 0 aromatic heterocycles. The predicted octanol–water partition coefficient (Wildman–Crippen LogP) is 2.88. The maximum atomic E-state index is 5.32. The van der Waals surface area contributed by atoms with Gasteiger partial charge in [-0.05, 0) is 31.2 Å². The molecule has 1 aromatic rings. The van der Waals surface area contributed by atoms with Gasteiger partial charge in [0.15, 0.2) is 0 Å². The van der Waals surface area contributed by atoms with Crippen molar-refractivity contribution in [3.63, 3.8) is 0 Å². The molecule has 0 radical (unpaired) electrons. The van der Waals surface area contributed by atoms with Crippen molar-refractivity contribution in [2.24, 2.45) is 0 Å². The zero-order chi connectivity index (χ0) is 10.6. The van der Waals surface area contributed by atoms with Crippen molar-refractivity contribution in [3.05, 3.63) is 27.7 Å². The van der Waals surface area contributed by atoms with E-state index in [1.54, 1.807) is 7.11 Å². The van der Waals surface area contributed by atoms with E-state index in [9.17, 15) is 0 Å². The van der Waals surface area contributed by atoms with Crippen LogP contribution in [0.15, 0.2) is 16.6 Å². The molecule has 0 saturated carbocycles. The summed E-state index contributed by atoms with van der Waals surface area (Å²) in [5.41, 5.74) is 2.38. The SMILES string of the molecule is CCNCc1cc(Br)c(C)cc1OC. The highest BCUT2D eigenvalue weighted by Gasteiger charge is 2.05. The first kappa shape index (κ1) is 11.5. The van der Waals surface area contributed by atoms with Gasteiger partial charge >= 0.3 is 0 Å². The number of hydrogen-bond donors (Lipinski definition) is 1. The summed E-state index contributed by atoms with van der Waals surface area (Å²) in [6.45, 7) is 5.96. The fourth-order valence-corrected chi connectivity index (χ4v) is 1.67. The van der Waals surface area contributed by atoms with Gasteiger partial charge in [0.1, 0.15) is 5.75 Å². The number of aryl methyl sites for hydroxylation is 1. The second-order valence-electron chi connectivity index (χ2n) is 3.19. The molecule has 0 heterocycles. The normalized spacial score (nSPS) is 10.3. The Kier molecular flexibility index (Phi) is 4.42. The molecule has 0 atom stereocenters.